The van der Waals surface area contributed by atoms with Gasteiger partial charge in [-0.05, 0) is 30.3 Å². The van der Waals surface area contributed by atoms with E-state index < -0.39 is 15.9 Å². The lowest BCUT2D eigenvalue weighted by molar-refractivity contribution is -0.0258. The third-order valence-electron chi connectivity index (χ3n) is 3.75. The first kappa shape index (κ1) is 19.2. The van der Waals surface area contributed by atoms with Crippen LogP contribution in [-0.2, 0) is 14.9 Å². The van der Waals surface area contributed by atoms with Crippen LogP contribution in [0.15, 0.2) is 53.6 Å². The summed E-state index contributed by atoms with van der Waals surface area (Å²) in [4.78, 5) is 25.6. The molecule has 0 unspecified atom stereocenters. The van der Waals surface area contributed by atoms with Crippen LogP contribution in [0, 0.1) is 0 Å². The number of amides is 1. The molecule has 0 bridgehead atoms. The highest BCUT2D eigenvalue weighted by Crippen LogP contribution is 2.21. The zero-order valence-corrected chi connectivity index (χ0v) is 16.0. The van der Waals surface area contributed by atoms with E-state index in [1.807, 2.05) is 0 Å². The van der Waals surface area contributed by atoms with E-state index in [-0.39, 0.29) is 16.3 Å². The lowest BCUT2D eigenvalue weighted by Gasteiger charge is -2.14. The monoisotopic (exact) mass is 406 g/mol. The fourth-order valence-corrected chi connectivity index (χ4v) is 3.54. The number of hydrogen-bond donors (Lipinski definition) is 1. The van der Waals surface area contributed by atoms with Crippen molar-refractivity contribution in [1.29, 1.82) is 0 Å². The highest BCUT2D eigenvalue weighted by atomic mass is 35.5. The van der Waals surface area contributed by atoms with Crippen molar-refractivity contribution in [2.24, 2.45) is 0 Å². The Morgan fingerprint density at radius 2 is 1.96 bits per heavy atom. The van der Waals surface area contributed by atoms with Crippen molar-refractivity contribution in [2.45, 2.75) is 4.90 Å². The first-order chi connectivity index (χ1) is 12.8. The quantitative estimate of drug-likeness (QED) is 0.653. The number of carbonyl (C=O) groups excluding carboxylic acids is 1. The molecule has 10 heteroatoms. The number of halogens is 1. The van der Waals surface area contributed by atoms with Gasteiger partial charge in [-0.3, -0.25) is 9.63 Å². The second kappa shape index (κ2) is 7.57. The first-order valence-electron chi connectivity index (χ1n) is 7.68. The van der Waals surface area contributed by atoms with Gasteiger partial charge in [-0.1, -0.05) is 28.2 Å². The molecule has 0 saturated heterocycles. The number of hydrogen-bond acceptors (Lipinski definition) is 6. The fourth-order valence-electron chi connectivity index (χ4n) is 2.30. The topological polar surface area (TPSA) is 101 Å². The standard InChI is InChI=1S/C17H15ClN4O4S/c1-22(26-2)27(24,25)12-6-3-5-11(9-12)17(23)21-15-10-19-16-13(18)7-4-8-14(16)20-15/h3-10H,1-2H3,(H,20,21,23). The molecular formula is C17H15ClN4O4S. The van der Waals surface area contributed by atoms with Crippen molar-refractivity contribution in [3.8, 4) is 0 Å². The van der Waals surface area contributed by atoms with Crippen LogP contribution in [0.25, 0.3) is 11.0 Å². The predicted molar refractivity (Wildman–Crippen MR) is 101 cm³/mol. The summed E-state index contributed by atoms with van der Waals surface area (Å²) in [5, 5.41) is 3.05. The van der Waals surface area contributed by atoms with Gasteiger partial charge in [-0.25, -0.2) is 18.4 Å². The number of sulfonamides is 1. The van der Waals surface area contributed by atoms with Crippen LogP contribution in [0.3, 0.4) is 0 Å². The Kier molecular flexibility index (Phi) is 5.38. The van der Waals surface area contributed by atoms with Gasteiger partial charge in [0.25, 0.3) is 15.9 Å². The fraction of sp³-hybridized carbons (Fsp3) is 0.118. The summed E-state index contributed by atoms with van der Waals surface area (Å²) in [7, 11) is -1.37. The highest BCUT2D eigenvalue weighted by molar-refractivity contribution is 7.89. The van der Waals surface area contributed by atoms with E-state index in [9.17, 15) is 13.2 Å². The minimum Gasteiger partial charge on any atom is -0.305 e. The largest absolute Gasteiger partial charge is 0.305 e. The van der Waals surface area contributed by atoms with Crippen molar-refractivity contribution < 1.29 is 18.0 Å². The lowest BCUT2D eigenvalue weighted by Crippen LogP contribution is -2.26. The normalized spacial score (nSPS) is 11.7. The summed E-state index contributed by atoms with van der Waals surface area (Å²) in [6.45, 7) is 0. The summed E-state index contributed by atoms with van der Waals surface area (Å²) in [5.74, 6) is -0.306. The number of nitrogens with zero attached hydrogens (tertiary/aromatic N) is 3. The second-order valence-corrected chi connectivity index (χ2v) is 7.79. The molecule has 0 atom stereocenters. The number of benzene rings is 2. The molecule has 0 radical (unpaired) electrons. The van der Waals surface area contributed by atoms with Gasteiger partial charge in [0, 0.05) is 12.6 Å². The molecule has 1 aromatic heterocycles. The van der Waals surface area contributed by atoms with Gasteiger partial charge in [0.05, 0.1) is 28.7 Å². The van der Waals surface area contributed by atoms with E-state index in [0.717, 1.165) is 0 Å². The Morgan fingerprint density at radius 1 is 1.22 bits per heavy atom. The molecule has 140 valence electrons. The minimum absolute atomic E-state index is 0.0733. The smallest absolute Gasteiger partial charge is 0.264 e. The van der Waals surface area contributed by atoms with Gasteiger partial charge < -0.3 is 5.32 Å². The van der Waals surface area contributed by atoms with E-state index in [1.54, 1.807) is 18.2 Å². The van der Waals surface area contributed by atoms with Crippen LogP contribution in [0.2, 0.25) is 5.02 Å². The molecule has 27 heavy (non-hydrogen) atoms. The molecule has 0 fully saturated rings. The molecule has 2 aromatic carbocycles. The molecule has 0 aliphatic rings. The molecule has 3 rings (SSSR count). The van der Waals surface area contributed by atoms with Crippen LogP contribution in [-0.4, -0.2) is 42.9 Å². The summed E-state index contributed by atoms with van der Waals surface area (Å²) in [5.41, 5.74) is 1.19. The maximum atomic E-state index is 12.5. The van der Waals surface area contributed by atoms with Crippen LogP contribution in [0.5, 0.6) is 0 Å². The number of para-hydroxylation sites is 1. The third-order valence-corrected chi connectivity index (χ3v) is 5.73. The minimum atomic E-state index is -3.86. The van der Waals surface area contributed by atoms with Gasteiger partial charge in [0.15, 0.2) is 5.82 Å². The molecule has 0 spiro atoms. The number of fused-ring (bicyclic) bond motifs is 1. The number of aromatic nitrogens is 2. The Bertz CT molecular complexity index is 1120. The molecule has 0 aliphatic carbocycles. The summed E-state index contributed by atoms with van der Waals surface area (Å²) < 4.78 is 25.3. The number of hydroxylamine groups is 1. The molecular weight excluding hydrogens is 392 g/mol. The maximum absolute atomic E-state index is 12.5. The average molecular weight is 407 g/mol. The van der Waals surface area contributed by atoms with Gasteiger partial charge in [-0.2, -0.15) is 0 Å². The van der Waals surface area contributed by atoms with Gasteiger partial charge in [0.2, 0.25) is 0 Å². The molecule has 0 aliphatic heterocycles. The Balaban J connectivity index is 1.88. The van der Waals surface area contributed by atoms with E-state index in [1.165, 1.54) is 44.6 Å². The molecule has 8 nitrogen and oxygen atoms in total. The van der Waals surface area contributed by atoms with Crippen molar-refractivity contribution >= 4 is 44.4 Å². The van der Waals surface area contributed by atoms with E-state index >= 15 is 0 Å². The number of carbonyl (C=O) groups is 1. The van der Waals surface area contributed by atoms with Crippen molar-refractivity contribution in [1.82, 2.24) is 14.4 Å². The second-order valence-electron chi connectivity index (χ2n) is 5.44. The maximum Gasteiger partial charge on any atom is 0.264 e. The Labute approximate surface area is 160 Å². The zero-order chi connectivity index (χ0) is 19.6. The van der Waals surface area contributed by atoms with Gasteiger partial charge >= 0.3 is 0 Å². The summed E-state index contributed by atoms with van der Waals surface area (Å²) in [6, 6.07) is 10.7. The Morgan fingerprint density at radius 3 is 2.70 bits per heavy atom. The number of nitrogens with one attached hydrogen (secondary N) is 1. The first-order valence-corrected chi connectivity index (χ1v) is 9.50. The van der Waals surface area contributed by atoms with Gasteiger partial charge in [0.1, 0.15) is 5.52 Å². The van der Waals surface area contributed by atoms with Crippen LogP contribution < -0.4 is 5.32 Å². The van der Waals surface area contributed by atoms with Gasteiger partial charge in [-0.15, -0.1) is 0 Å². The van der Waals surface area contributed by atoms with Crippen LogP contribution in [0.4, 0.5) is 5.82 Å². The van der Waals surface area contributed by atoms with E-state index in [0.29, 0.717) is 20.5 Å². The van der Waals surface area contributed by atoms with Crippen molar-refractivity contribution in [3.63, 3.8) is 0 Å². The molecule has 1 N–H and O–H groups in total. The van der Waals surface area contributed by atoms with E-state index in [4.69, 9.17) is 16.4 Å². The number of anilines is 1. The molecule has 0 saturated carbocycles. The summed E-state index contributed by atoms with van der Waals surface area (Å²) in [6.07, 6.45) is 1.38. The number of rotatable bonds is 5. The highest BCUT2D eigenvalue weighted by Gasteiger charge is 2.22. The van der Waals surface area contributed by atoms with Crippen LogP contribution >= 0.6 is 11.6 Å². The predicted octanol–water partition coefficient (Wildman–Crippen LogP) is 2.72. The third kappa shape index (κ3) is 3.91. The molecule has 1 amide bonds. The van der Waals surface area contributed by atoms with E-state index in [2.05, 4.69) is 15.3 Å². The molecule has 1 heterocycles. The van der Waals surface area contributed by atoms with Crippen molar-refractivity contribution in [3.05, 3.63) is 59.2 Å². The molecule has 3 aromatic rings. The zero-order valence-electron chi connectivity index (χ0n) is 14.4. The summed E-state index contributed by atoms with van der Waals surface area (Å²) >= 11 is 6.05. The SMILES string of the molecule is CON(C)S(=O)(=O)c1cccc(C(=O)Nc2cnc3c(Cl)cccc3n2)c1. The van der Waals surface area contributed by atoms with Crippen LogP contribution in [0.1, 0.15) is 10.4 Å². The average Bonchev–Trinajstić information content (AvgIpc) is 2.67. The van der Waals surface area contributed by atoms with Crippen molar-refractivity contribution in [2.75, 3.05) is 19.5 Å². The lowest BCUT2D eigenvalue weighted by atomic mass is 10.2. The Hall–Kier alpha value is -2.59.